The number of rotatable bonds is 4. The Bertz CT molecular complexity index is 922. The Morgan fingerprint density at radius 3 is 2.79 bits per heavy atom. The van der Waals surface area contributed by atoms with Crippen LogP contribution in [0.25, 0.3) is 11.1 Å². The topological polar surface area (TPSA) is 64.4 Å². The number of carbonyl (C=O) groups is 1. The molecule has 24 heavy (non-hydrogen) atoms. The highest BCUT2D eigenvalue weighted by molar-refractivity contribution is 6.37. The molecule has 0 aliphatic rings. The van der Waals surface area contributed by atoms with Crippen molar-refractivity contribution < 1.29 is 13.9 Å². The summed E-state index contributed by atoms with van der Waals surface area (Å²) >= 11 is 12.0. The van der Waals surface area contributed by atoms with E-state index < -0.39 is 0 Å². The van der Waals surface area contributed by atoms with Crippen molar-refractivity contribution in [1.29, 1.82) is 0 Å². The van der Waals surface area contributed by atoms with E-state index in [1.54, 1.807) is 24.3 Å². The first-order valence-electron chi connectivity index (χ1n) is 7.18. The maximum Gasteiger partial charge on any atom is 0.233 e. The van der Waals surface area contributed by atoms with Crippen LogP contribution in [0.5, 0.6) is 5.75 Å². The molecule has 3 aromatic rings. The number of nitrogens with zero attached hydrogens (tertiary/aromatic N) is 1. The minimum atomic E-state index is -0.117. The van der Waals surface area contributed by atoms with Gasteiger partial charge in [-0.25, -0.2) is 4.98 Å². The molecular weight excluding hydrogens is 351 g/mol. The van der Waals surface area contributed by atoms with E-state index in [1.807, 2.05) is 13.0 Å². The summed E-state index contributed by atoms with van der Waals surface area (Å²) in [5.74, 6) is 0.930. The Morgan fingerprint density at radius 2 is 2.08 bits per heavy atom. The minimum absolute atomic E-state index is 0.117. The lowest BCUT2D eigenvalue weighted by Crippen LogP contribution is -2.07. The molecule has 0 atom stereocenters. The molecule has 0 spiro atoms. The number of carbonyl (C=O) groups excluding carboxylic acids is 1. The molecule has 0 aliphatic carbocycles. The van der Waals surface area contributed by atoms with Crippen LogP contribution in [0.3, 0.4) is 0 Å². The van der Waals surface area contributed by atoms with Gasteiger partial charge in [0.15, 0.2) is 12.2 Å². The standard InChI is InChI=1S/C17H14Cl2N2O3/c1-9-5-12(3-4-14(9)20-10(2)22)23-8-16-21-15-7-11(18)6-13(19)17(15)24-16/h3-7H,8H2,1-2H3,(H,20,22). The Kier molecular flexibility index (Phi) is 4.64. The van der Waals surface area contributed by atoms with E-state index in [1.165, 1.54) is 6.92 Å². The molecule has 1 N–H and O–H groups in total. The predicted octanol–water partition coefficient (Wildman–Crippen LogP) is 4.98. The quantitative estimate of drug-likeness (QED) is 0.708. The Morgan fingerprint density at radius 1 is 1.29 bits per heavy atom. The third-order valence-electron chi connectivity index (χ3n) is 3.32. The molecule has 1 heterocycles. The number of amides is 1. The number of oxazole rings is 1. The molecule has 1 amide bonds. The van der Waals surface area contributed by atoms with E-state index in [4.69, 9.17) is 32.4 Å². The molecule has 124 valence electrons. The fourth-order valence-electron chi connectivity index (χ4n) is 2.27. The van der Waals surface area contributed by atoms with E-state index in [0.717, 1.165) is 11.3 Å². The molecule has 0 aliphatic heterocycles. The van der Waals surface area contributed by atoms with Crippen molar-refractivity contribution in [1.82, 2.24) is 4.98 Å². The van der Waals surface area contributed by atoms with Crippen LogP contribution in [0.4, 0.5) is 5.69 Å². The third kappa shape index (κ3) is 3.63. The van der Waals surface area contributed by atoms with Crippen LogP contribution >= 0.6 is 23.2 Å². The number of anilines is 1. The molecule has 0 radical (unpaired) electrons. The number of aromatic nitrogens is 1. The molecule has 3 rings (SSSR count). The summed E-state index contributed by atoms with van der Waals surface area (Å²) in [5, 5.41) is 3.66. The van der Waals surface area contributed by atoms with Crippen molar-refractivity contribution >= 4 is 45.9 Å². The second-order valence-electron chi connectivity index (χ2n) is 5.29. The van der Waals surface area contributed by atoms with Crippen LogP contribution in [0.1, 0.15) is 18.4 Å². The van der Waals surface area contributed by atoms with Gasteiger partial charge in [-0.2, -0.15) is 0 Å². The molecule has 0 saturated heterocycles. The van der Waals surface area contributed by atoms with Gasteiger partial charge in [-0.15, -0.1) is 0 Å². The Hall–Kier alpha value is -2.24. The molecule has 5 nitrogen and oxygen atoms in total. The zero-order valence-corrected chi connectivity index (χ0v) is 14.5. The predicted molar refractivity (Wildman–Crippen MR) is 93.8 cm³/mol. The molecule has 1 aromatic heterocycles. The van der Waals surface area contributed by atoms with Gasteiger partial charge in [-0.05, 0) is 42.8 Å². The van der Waals surface area contributed by atoms with Gasteiger partial charge in [0, 0.05) is 17.6 Å². The number of benzene rings is 2. The van der Waals surface area contributed by atoms with Crippen molar-refractivity contribution in [3.05, 3.63) is 51.8 Å². The first-order chi connectivity index (χ1) is 11.4. The molecule has 0 bridgehead atoms. The van der Waals surface area contributed by atoms with Crippen LogP contribution in [0.15, 0.2) is 34.7 Å². The van der Waals surface area contributed by atoms with Gasteiger partial charge < -0.3 is 14.5 Å². The van der Waals surface area contributed by atoms with Gasteiger partial charge in [0.2, 0.25) is 11.8 Å². The van der Waals surface area contributed by atoms with Crippen molar-refractivity contribution in [2.45, 2.75) is 20.5 Å². The maximum atomic E-state index is 11.1. The average Bonchev–Trinajstić information content (AvgIpc) is 2.90. The summed E-state index contributed by atoms with van der Waals surface area (Å²) in [6.07, 6.45) is 0. The molecule has 2 aromatic carbocycles. The average molecular weight is 365 g/mol. The van der Waals surface area contributed by atoms with E-state index in [9.17, 15) is 4.79 Å². The second kappa shape index (κ2) is 6.71. The van der Waals surface area contributed by atoms with Gasteiger partial charge in [0.25, 0.3) is 0 Å². The highest BCUT2D eigenvalue weighted by atomic mass is 35.5. The molecule has 0 saturated carbocycles. The number of halogens is 2. The molecule has 0 unspecified atom stereocenters. The van der Waals surface area contributed by atoms with Crippen molar-refractivity contribution in [2.75, 3.05) is 5.32 Å². The molecular formula is C17H14Cl2N2O3. The SMILES string of the molecule is CC(=O)Nc1ccc(OCc2nc3cc(Cl)cc(Cl)c3o2)cc1C. The normalized spacial score (nSPS) is 10.8. The largest absolute Gasteiger partial charge is 0.484 e. The molecule has 7 heteroatoms. The maximum absolute atomic E-state index is 11.1. The Balaban J connectivity index is 1.75. The van der Waals surface area contributed by atoms with Gasteiger partial charge in [-0.1, -0.05) is 23.2 Å². The summed E-state index contributed by atoms with van der Waals surface area (Å²) in [5.41, 5.74) is 2.72. The highest BCUT2D eigenvalue weighted by Crippen LogP contribution is 2.29. The van der Waals surface area contributed by atoms with E-state index in [-0.39, 0.29) is 12.5 Å². The number of hydrogen-bond donors (Lipinski definition) is 1. The lowest BCUT2D eigenvalue weighted by Gasteiger charge is -2.09. The monoisotopic (exact) mass is 364 g/mol. The summed E-state index contributed by atoms with van der Waals surface area (Å²) in [6.45, 7) is 3.51. The van der Waals surface area contributed by atoms with Crippen molar-refractivity contribution in [3.8, 4) is 5.75 Å². The van der Waals surface area contributed by atoms with Crippen molar-refractivity contribution in [2.24, 2.45) is 0 Å². The first kappa shape index (κ1) is 16.6. The number of hydrogen-bond acceptors (Lipinski definition) is 4. The highest BCUT2D eigenvalue weighted by Gasteiger charge is 2.11. The Labute approximate surface area is 148 Å². The first-order valence-corrected chi connectivity index (χ1v) is 7.93. The number of fused-ring (bicyclic) bond motifs is 1. The zero-order valence-electron chi connectivity index (χ0n) is 13.0. The van der Waals surface area contributed by atoms with Crippen LogP contribution in [-0.4, -0.2) is 10.9 Å². The van der Waals surface area contributed by atoms with Gasteiger partial charge in [0.05, 0.1) is 5.02 Å². The van der Waals surface area contributed by atoms with Gasteiger partial charge in [-0.3, -0.25) is 4.79 Å². The summed E-state index contributed by atoms with van der Waals surface area (Å²) in [4.78, 5) is 15.4. The third-order valence-corrected chi connectivity index (χ3v) is 3.82. The van der Waals surface area contributed by atoms with E-state index in [0.29, 0.717) is 32.8 Å². The van der Waals surface area contributed by atoms with Crippen LogP contribution in [0.2, 0.25) is 10.0 Å². The van der Waals surface area contributed by atoms with E-state index >= 15 is 0 Å². The van der Waals surface area contributed by atoms with Crippen molar-refractivity contribution in [3.63, 3.8) is 0 Å². The van der Waals surface area contributed by atoms with Gasteiger partial charge >= 0.3 is 0 Å². The second-order valence-corrected chi connectivity index (χ2v) is 6.13. The smallest absolute Gasteiger partial charge is 0.233 e. The number of ether oxygens (including phenoxy) is 1. The summed E-state index contributed by atoms with van der Waals surface area (Å²) in [7, 11) is 0. The fraction of sp³-hybridized carbons (Fsp3) is 0.176. The number of aryl methyl sites for hydroxylation is 1. The molecule has 0 fully saturated rings. The zero-order chi connectivity index (χ0) is 17.3. The lowest BCUT2D eigenvalue weighted by atomic mass is 10.2. The number of nitrogens with one attached hydrogen (secondary N) is 1. The van der Waals surface area contributed by atoms with Crippen LogP contribution < -0.4 is 10.1 Å². The van der Waals surface area contributed by atoms with E-state index in [2.05, 4.69) is 10.3 Å². The summed E-state index contributed by atoms with van der Waals surface area (Å²) in [6, 6.07) is 8.67. The van der Waals surface area contributed by atoms with Crippen LogP contribution in [0, 0.1) is 6.92 Å². The lowest BCUT2D eigenvalue weighted by molar-refractivity contribution is -0.114. The fourth-order valence-corrected chi connectivity index (χ4v) is 2.79. The van der Waals surface area contributed by atoms with Crippen LogP contribution in [-0.2, 0) is 11.4 Å². The minimum Gasteiger partial charge on any atom is -0.484 e. The van der Waals surface area contributed by atoms with Gasteiger partial charge in [0.1, 0.15) is 11.3 Å². The summed E-state index contributed by atoms with van der Waals surface area (Å²) < 4.78 is 11.3.